The van der Waals surface area contributed by atoms with E-state index >= 15 is 0 Å². The molecule has 1 aliphatic carbocycles. The average Bonchev–Trinajstić information content (AvgIpc) is 3.02. The van der Waals surface area contributed by atoms with Gasteiger partial charge in [-0.25, -0.2) is 9.37 Å². The smallest absolute Gasteiger partial charge is 0.264 e. The SMILES string of the molecule is C=CCn1c(N(C)Cc2cccc(F)c2)nc2sc3c(c2c1=O)CCCC3. The summed E-state index contributed by atoms with van der Waals surface area (Å²) in [5, 5.41) is 0.777. The second-order valence-corrected chi connectivity index (χ2v) is 8.08. The van der Waals surface area contributed by atoms with Crippen molar-refractivity contribution in [3.8, 4) is 0 Å². The molecule has 0 saturated heterocycles. The van der Waals surface area contributed by atoms with E-state index in [-0.39, 0.29) is 11.4 Å². The van der Waals surface area contributed by atoms with Crippen LogP contribution in [0.3, 0.4) is 0 Å². The lowest BCUT2D eigenvalue weighted by atomic mass is 9.97. The molecular formula is C21H22FN3OS. The maximum atomic E-state index is 13.5. The Hall–Kier alpha value is -2.47. The second kappa shape index (κ2) is 7.27. The van der Waals surface area contributed by atoms with Gasteiger partial charge in [0, 0.05) is 25.0 Å². The second-order valence-electron chi connectivity index (χ2n) is 6.99. The Bertz CT molecular complexity index is 1070. The van der Waals surface area contributed by atoms with Gasteiger partial charge in [0.25, 0.3) is 5.56 Å². The molecule has 2 heterocycles. The van der Waals surface area contributed by atoms with Crippen molar-refractivity contribution in [1.82, 2.24) is 9.55 Å². The first kappa shape index (κ1) is 17.9. The van der Waals surface area contributed by atoms with Crippen LogP contribution in [0.1, 0.15) is 28.8 Å². The van der Waals surface area contributed by atoms with Crippen LogP contribution >= 0.6 is 11.3 Å². The fraction of sp³-hybridized carbons (Fsp3) is 0.333. The third kappa shape index (κ3) is 3.30. The van der Waals surface area contributed by atoms with E-state index in [1.807, 2.05) is 18.0 Å². The molecule has 4 nitrogen and oxygen atoms in total. The molecule has 0 saturated carbocycles. The van der Waals surface area contributed by atoms with Crippen molar-refractivity contribution in [2.45, 2.75) is 38.8 Å². The van der Waals surface area contributed by atoms with Crippen molar-refractivity contribution < 1.29 is 4.39 Å². The summed E-state index contributed by atoms with van der Waals surface area (Å²) in [7, 11) is 1.88. The van der Waals surface area contributed by atoms with E-state index in [4.69, 9.17) is 4.98 Å². The molecule has 0 N–H and O–H groups in total. The van der Waals surface area contributed by atoms with Crippen LogP contribution in [0.2, 0.25) is 0 Å². The molecule has 140 valence electrons. The third-order valence-electron chi connectivity index (χ3n) is 5.02. The van der Waals surface area contributed by atoms with Crippen molar-refractivity contribution >= 4 is 27.5 Å². The number of hydrogen-bond acceptors (Lipinski definition) is 4. The highest BCUT2D eigenvalue weighted by Crippen LogP contribution is 2.34. The maximum Gasteiger partial charge on any atom is 0.264 e. The number of allylic oxidation sites excluding steroid dienone is 1. The van der Waals surface area contributed by atoms with Gasteiger partial charge in [-0.15, -0.1) is 17.9 Å². The van der Waals surface area contributed by atoms with Crippen LogP contribution in [0.25, 0.3) is 10.2 Å². The monoisotopic (exact) mass is 383 g/mol. The summed E-state index contributed by atoms with van der Waals surface area (Å²) in [5.41, 5.74) is 2.03. The number of rotatable bonds is 5. The van der Waals surface area contributed by atoms with Gasteiger partial charge >= 0.3 is 0 Å². The number of anilines is 1. The molecule has 6 heteroatoms. The summed E-state index contributed by atoms with van der Waals surface area (Å²) in [4.78, 5) is 22.1. The van der Waals surface area contributed by atoms with E-state index in [0.29, 0.717) is 19.0 Å². The number of hydrogen-bond donors (Lipinski definition) is 0. The minimum absolute atomic E-state index is 0.000363. The first-order chi connectivity index (χ1) is 13.1. The van der Waals surface area contributed by atoms with Crippen LogP contribution in [0.5, 0.6) is 0 Å². The van der Waals surface area contributed by atoms with E-state index in [0.717, 1.165) is 35.0 Å². The Morgan fingerprint density at radius 2 is 2.19 bits per heavy atom. The summed E-state index contributed by atoms with van der Waals surface area (Å²) in [6, 6.07) is 6.50. The highest BCUT2D eigenvalue weighted by molar-refractivity contribution is 7.18. The van der Waals surface area contributed by atoms with E-state index in [9.17, 15) is 9.18 Å². The van der Waals surface area contributed by atoms with Gasteiger partial charge in [0.05, 0.1) is 5.39 Å². The summed E-state index contributed by atoms with van der Waals surface area (Å²) in [6.45, 7) is 4.66. The third-order valence-corrected chi connectivity index (χ3v) is 6.20. The van der Waals surface area contributed by atoms with E-state index in [1.54, 1.807) is 28.0 Å². The Morgan fingerprint density at radius 1 is 1.37 bits per heavy atom. The first-order valence-corrected chi connectivity index (χ1v) is 10.0. The van der Waals surface area contributed by atoms with Gasteiger partial charge in [0.15, 0.2) is 0 Å². The average molecular weight is 383 g/mol. The van der Waals surface area contributed by atoms with E-state index in [1.165, 1.54) is 29.0 Å². The van der Waals surface area contributed by atoms with Gasteiger partial charge in [0.2, 0.25) is 5.95 Å². The fourth-order valence-electron chi connectivity index (χ4n) is 3.79. The predicted octanol–water partition coefficient (Wildman–Crippen LogP) is 4.30. The quantitative estimate of drug-likeness (QED) is 0.617. The molecule has 2 aromatic heterocycles. The molecule has 0 amide bonds. The molecular weight excluding hydrogens is 361 g/mol. The Balaban J connectivity index is 1.82. The normalized spacial score (nSPS) is 13.6. The van der Waals surface area contributed by atoms with Crippen molar-refractivity contribution in [3.05, 3.63) is 69.1 Å². The first-order valence-electron chi connectivity index (χ1n) is 9.20. The molecule has 0 unspecified atom stereocenters. The van der Waals surface area contributed by atoms with Crippen molar-refractivity contribution in [2.75, 3.05) is 11.9 Å². The van der Waals surface area contributed by atoms with E-state index in [2.05, 4.69) is 6.58 Å². The summed E-state index contributed by atoms with van der Waals surface area (Å²) in [5.74, 6) is 0.328. The zero-order valence-electron chi connectivity index (χ0n) is 15.4. The lowest BCUT2D eigenvalue weighted by Crippen LogP contribution is -2.30. The van der Waals surface area contributed by atoms with Gasteiger partial charge in [0.1, 0.15) is 10.6 Å². The molecule has 27 heavy (non-hydrogen) atoms. The molecule has 3 aromatic rings. The van der Waals surface area contributed by atoms with Crippen LogP contribution in [0, 0.1) is 5.82 Å². The molecule has 0 spiro atoms. The molecule has 0 bridgehead atoms. The van der Waals surface area contributed by atoms with E-state index < -0.39 is 0 Å². The summed E-state index contributed by atoms with van der Waals surface area (Å²) >= 11 is 1.64. The Labute approximate surface area is 161 Å². The standard InChI is InChI=1S/C21H22FN3OS/c1-3-11-25-20(26)18-16-9-4-5-10-17(16)27-19(18)23-21(25)24(2)13-14-7-6-8-15(22)12-14/h3,6-8,12H,1,4-5,9-11,13H2,2H3. The number of aryl methyl sites for hydroxylation is 2. The van der Waals surface area contributed by atoms with Crippen LogP contribution in [0.4, 0.5) is 10.3 Å². The maximum absolute atomic E-state index is 13.5. The van der Waals surface area contributed by atoms with Gasteiger partial charge in [-0.3, -0.25) is 9.36 Å². The number of benzene rings is 1. The summed E-state index contributed by atoms with van der Waals surface area (Å²) in [6.07, 6.45) is 6.01. The van der Waals surface area contributed by atoms with Crippen LogP contribution in [-0.4, -0.2) is 16.6 Å². The highest BCUT2D eigenvalue weighted by atomic mass is 32.1. The van der Waals surface area contributed by atoms with Crippen LogP contribution < -0.4 is 10.5 Å². The topological polar surface area (TPSA) is 38.1 Å². The van der Waals surface area contributed by atoms with Gasteiger partial charge in [-0.1, -0.05) is 18.2 Å². The summed E-state index contributed by atoms with van der Waals surface area (Å²) < 4.78 is 15.2. The van der Waals surface area contributed by atoms with Gasteiger partial charge in [-0.05, 0) is 48.9 Å². The minimum Gasteiger partial charge on any atom is -0.341 e. The minimum atomic E-state index is -0.265. The molecule has 0 fully saturated rings. The number of thiophene rings is 1. The fourth-order valence-corrected chi connectivity index (χ4v) is 5.04. The molecule has 0 atom stereocenters. The molecule has 0 aliphatic heterocycles. The number of nitrogens with zero attached hydrogens (tertiary/aromatic N) is 3. The molecule has 1 aliphatic rings. The van der Waals surface area contributed by atoms with Crippen LogP contribution in [-0.2, 0) is 25.9 Å². The lowest BCUT2D eigenvalue weighted by molar-refractivity contribution is 0.624. The van der Waals surface area contributed by atoms with Gasteiger partial charge < -0.3 is 4.90 Å². The predicted molar refractivity (Wildman–Crippen MR) is 109 cm³/mol. The molecule has 1 aromatic carbocycles. The highest BCUT2D eigenvalue weighted by Gasteiger charge is 2.23. The number of halogens is 1. The molecule has 0 radical (unpaired) electrons. The van der Waals surface area contributed by atoms with Crippen molar-refractivity contribution in [2.24, 2.45) is 0 Å². The zero-order valence-corrected chi connectivity index (χ0v) is 16.2. The zero-order chi connectivity index (χ0) is 19.0. The number of aromatic nitrogens is 2. The largest absolute Gasteiger partial charge is 0.341 e. The van der Waals surface area contributed by atoms with Gasteiger partial charge in [-0.2, -0.15) is 0 Å². The lowest BCUT2D eigenvalue weighted by Gasteiger charge is -2.22. The van der Waals surface area contributed by atoms with Crippen LogP contribution in [0.15, 0.2) is 41.7 Å². The Morgan fingerprint density at radius 3 is 2.96 bits per heavy atom. The van der Waals surface area contributed by atoms with Crippen molar-refractivity contribution in [3.63, 3.8) is 0 Å². The number of fused-ring (bicyclic) bond motifs is 3. The Kier molecular flexibility index (Phi) is 4.83. The van der Waals surface area contributed by atoms with Crippen molar-refractivity contribution in [1.29, 1.82) is 0 Å². The molecule has 4 rings (SSSR count).